The largest absolute Gasteiger partial charge is 0.448 e. The third kappa shape index (κ3) is 7.31. The molecule has 0 aromatic heterocycles. The lowest BCUT2D eigenvalue weighted by Crippen LogP contribution is -2.71. The fraction of sp³-hybridized carbons (Fsp3) is 0.286. The van der Waals surface area contributed by atoms with Gasteiger partial charge in [-0.25, -0.2) is 9.59 Å². The van der Waals surface area contributed by atoms with E-state index in [4.69, 9.17) is 9.47 Å². The number of hydrogen-bond acceptors (Lipinski definition) is 8. The van der Waals surface area contributed by atoms with E-state index in [1.807, 2.05) is 60.7 Å². The number of benzene rings is 3. The summed E-state index contributed by atoms with van der Waals surface area (Å²) in [5.74, 6) is -1.60. The van der Waals surface area contributed by atoms with Gasteiger partial charge < -0.3 is 24.9 Å². The van der Waals surface area contributed by atoms with Gasteiger partial charge >= 0.3 is 12.1 Å². The van der Waals surface area contributed by atoms with Gasteiger partial charge in [-0.05, 0) is 43.0 Å². The number of alkyl carbamates (subject to hydrolysis) is 1. The molecule has 0 bridgehead atoms. The van der Waals surface area contributed by atoms with Crippen molar-refractivity contribution in [3.63, 3.8) is 0 Å². The molecule has 11 heteroatoms. The van der Waals surface area contributed by atoms with Crippen molar-refractivity contribution in [3.8, 4) is 0 Å². The van der Waals surface area contributed by atoms with Crippen LogP contribution in [0.5, 0.6) is 0 Å². The molecule has 0 saturated carbocycles. The van der Waals surface area contributed by atoms with Crippen molar-refractivity contribution in [2.75, 3.05) is 5.75 Å². The first kappa shape index (κ1) is 32.5. The standard InChI is InChI=1S/C35H35N3O7S/c1-35(2,3)45-34(43)37-26(22-13-7-4-8-14-22)30(40)36-27-31(41)38-28(25(19-20-39)21-46-32(27)38)33(42)44-29(23-15-9-5-10-16-23)24-17-11-6-12-18-24/h4-18,20,26-27,29,32H,19,21H2,1-3H3,(H,36,40)(H,37,43). The Morgan fingerprint density at radius 2 is 1.46 bits per heavy atom. The van der Waals surface area contributed by atoms with Crippen LogP contribution in [0, 0.1) is 0 Å². The SMILES string of the molecule is CC(C)(C)OC(=O)NC(C(=O)NC1C(=O)N2C(C(=O)OC(c3ccccc3)c3ccccc3)=C(CC=O)CSC12)c1ccccc1. The zero-order chi connectivity index (χ0) is 32.8. The highest BCUT2D eigenvalue weighted by atomic mass is 32.2. The molecule has 238 valence electrons. The quantitative estimate of drug-likeness (QED) is 0.183. The Morgan fingerprint density at radius 3 is 1.98 bits per heavy atom. The van der Waals surface area contributed by atoms with Crippen molar-refractivity contribution in [1.29, 1.82) is 0 Å². The number of nitrogens with one attached hydrogen (secondary N) is 2. The van der Waals surface area contributed by atoms with E-state index in [-0.39, 0.29) is 17.9 Å². The van der Waals surface area contributed by atoms with Crippen molar-refractivity contribution < 1.29 is 33.4 Å². The summed E-state index contributed by atoms with van der Waals surface area (Å²) in [5, 5.41) is 4.75. The molecule has 0 spiro atoms. The van der Waals surface area contributed by atoms with Crippen LogP contribution >= 0.6 is 11.8 Å². The van der Waals surface area contributed by atoms with E-state index in [9.17, 15) is 24.0 Å². The minimum atomic E-state index is -1.14. The molecule has 0 radical (unpaired) electrons. The second-order valence-electron chi connectivity index (χ2n) is 11.8. The average molecular weight is 642 g/mol. The van der Waals surface area contributed by atoms with Crippen molar-refractivity contribution in [1.82, 2.24) is 15.5 Å². The van der Waals surface area contributed by atoms with Gasteiger partial charge in [0.25, 0.3) is 5.91 Å². The summed E-state index contributed by atoms with van der Waals surface area (Å²) in [4.78, 5) is 66.7. The van der Waals surface area contributed by atoms with E-state index in [2.05, 4.69) is 10.6 Å². The highest BCUT2D eigenvalue weighted by Crippen LogP contribution is 2.42. The van der Waals surface area contributed by atoms with E-state index >= 15 is 0 Å². The molecule has 3 aromatic carbocycles. The van der Waals surface area contributed by atoms with Gasteiger partial charge in [0.15, 0.2) is 6.10 Å². The van der Waals surface area contributed by atoms with Crippen LogP contribution in [0.2, 0.25) is 0 Å². The van der Waals surface area contributed by atoms with E-state index in [1.165, 1.54) is 16.7 Å². The lowest BCUT2D eigenvalue weighted by Gasteiger charge is -2.50. The van der Waals surface area contributed by atoms with Gasteiger partial charge in [0.05, 0.1) is 0 Å². The molecular formula is C35H35N3O7S. The maximum atomic E-state index is 13.9. The highest BCUT2D eigenvalue weighted by Gasteiger charge is 2.55. The average Bonchev–Trinajstić information content (AvgIpc) is 3.05. The van der Waals surface area contributed by atoms with Crippen molar-refractivity contribution in [2.24, 2.45) is 0 Å². The minimum absolute atomic E-state index is 0.00898. The number of rotatable bonds is 10. The van der Waals surface area contributed by atoms with Gasteiger partial charge in [-0.3, -0.25) is 14.5 Å². The molecule has 10 nitrogen and oxygen atoms in total. The summed E-state index contributed by atoms with van der Waals surface area (Å²) in [7, 11) is 0. The Morgan fingerprint density at radius 1 is 0.913 bits per heavy atom. The van der Waals surface area contributed by atoms with Crippen LogP contribution in [0.3, 0.4) is 0 Å². The van der Waals surface area contributed by atoms with Crippen molar-refractivity contribution in [2.45, 2.75) is 56.4 Å². The van der Waals surface area contributed by atoms with E-state index < -0.39 is 53.0 Å². The maximum Gasteiger partial charge on any atom is 0.408 e. The zero-order valence-electron chi connectivity index (χ0n) is 25.7. The van der Waals surface area contributed by atoms with Gasteiger partial charge in [0, 0.05) is 12.2 Å². The number of hydrogen-bond donors (Lipinski definition) is 2. The molecule has 1 saturated heterocycles. The molecule has 3 aromatic rings. The number of amides is 3. The Balaban J connectivity index is 1.37. The van der Waals surface area contributed by atoms with Crippen LogP contribution in [0.25, 0.3) is 0 Å². The second kappa shape index (κ2) is 14.0. The molecular weight excluding hydrogens is 606 g/mol. The van der Waals surface area contributed by atoms with Crippen LogP contribution in [-0.4, -0.2) is 57.8 Å². The summed E-state index contributed by atoms with van der Waals surface area (Å²) >= 11 is 1.33. The summed E-state index contributed by atoms with van der Waals surface area (Å²) in [6, 6.07) is 25.0. The summed E-state index contributed by atoms with van der Waals surface area (Å²) < 4.78 is 11.4. The minimum Gasteiger partial charge on any atom is -0.448 e. The predicted octanol–water partition coefficient (Wildman–Crippen LogP) is 4.83. The number of β-lactam (4-membered cyclic amide) rings is 1. The Kier molecular flexibility index (Phi) is 9.91. The summed E-state index contributed by atoms with van der Waals surface area (Å²) in [6.45, 7) is 5.13. The van der Waals surface area contributed by atoms with Crippen LogP contribution in [0.4, 0.5) is 4.79 Å². The number of esters is 1. The Labute approximate surface area is 271 Å². The van der Waals surface area contributed by atoms with E-state index in [0.717, 1.165) is 11.1 Å². The molecule has 2 aliphatic rings. The van der Waals surface area contributed by atoms with E-state index in [0.29, 0.717) is 17.4 Å². The molecule has 2 N–H and O–H groups in total. The Bertz CT molecular complexity index is 1580. The lowest BCUT2D eigenvalue weighted by atomic mass is 9.99. The summed E-state index contributed by atoms with van der Waals surface area (Å²) in [5.41, 5.74) is 1.66. The monoisotopic (exact) mass is 641 g/mol. The van der Waals surface area contributed by atoms with E-state index in [1.54, 1.807) is 51.1 Å². The first-order valence-electron chi connectivity index (χ1n) is 14.8. The first-order valence-corrected chi connectivity index (χ1v) is 15.9. The Hall–Kier alpha value is -4.90. The van der Waals surface area contributed by atoms with Crippen molar-refractivity contribution in [3.05, 3.63) is 119 Å². The highest BCUT2D eigenvalue weighted by molar-refractivity contribution is 8.00. The third-order valence-corrected chi connectivity index (χ3v) is 8.69. The molecule has 0 aliphatic carbocycles. The fourth-order valence-electron chi connectivity index (χ4n) is 5.28. The third-order valence-electron chi connectivity index (χ3n) is 7.35. The number of ether oxygens (including phenoxy) is 2. The van der Waals surface area contributed by atoms with Crippen molar-refractivity contribution >= 4 is 41.9 Å². The topological polar surface area (TPSA) is 131 Å². The maximum absolute atomic E-state index is 13.9. The van der Waals surface area contributed by atoms with Crippen LogP contribution in [0.1, 0.15) is 56.0 Å². The van der Waals surface area contributed by atoms with Gasteiger partial charge in [0.2, 0.25) is 5.91 Å². The van der Waals surface area contributed by atoms with Crippen LogP contribution in [-0.2, 0) is 28.7 Å². The molecule has 1 fully saturated rings. The molecule has 5 rings (SSSR count). The molecule has 3 unspecified atom stereocenters. The van der Waals surface area contributed by atoms with Gasteiger partial charge in [0.1, 0.15) is 35.0 Å². The number of carbonyl (C=O) groups excluding carboxylic acids is 5. The smallest absolute Gasteiger partial charge is 0.408 e. The van der Waals surface area contributed by atoms with Gasteiger partial charge in [-0.15, -0.1) is 11.8 Å². The van der Waals surface area contributed by atoms with Crippen LogP contribution in [0.15, 0.2) is 102 Å². The second-order valence-corrected chi connectivity index (χ2v) is 12.9. The molecule has 46 heavy (non-hydrogen) atoms. The zero-order valence-corrected chi connectivity index (χ0v) is 26.5. The number of carbonyl (C=O) groups is 5. The number of thioether (sulfide) groups is 1. The lowest BCUT2D eigenvalue weighted by molar-refractivity contribution is -0.154. The predicted molar refractivity (Wildman–Crippen MR) is 172 cm³/mol. The first-order chi connectivity index (χ1) is 22.1. The normalized spacial score (nSPS) is 18.2. The number of fused-ring (bicyclic) bond motifs is 1. The molecule has 3 atom stereocenters. The number of nitrogens with zero attached hydrogens (tertiary/aromatic N) is 1. The number of aldehydes is 1. The molecule has 3 amide bonds. The van der Waals surface area contributed by atoms with Crippen LogP contribution < -0.4 is 10.6 Å². The van der Waals surface area contributed by atoms with Gasteiger partial charge in [-0.2, -0.15) is 0 Å². The molecule has 2 heterocycles. The summed E-state index contributed by atoms with van der Waals surface area (Å²) in [6.07, 6.45) is -0.915. The molecule has 2 aliphatic heterocycles. The fourth-order valence-corrected chi connectivity index (χ4v) is 6.65. The van der Waals surface area contributed by atoms with Gasteiger partial charge in [-0.1, -0.05) is 91.0 Å².